The molecule has 0 atom stereocenters. The summed E-state index contributed by atoms with van der Waals surface area (Å²) < 4.78 is 7.37. The van der Waals surface area contributed by atoms with E-state index in [4.69, 9.17) is 4.52 Å². The highest BCUT2D eigenvalue weighted by Crippen LogP contribution is 2.20. The predicted octanol–water partition coefficient (Wildman–Crippen LogP) is 4.03. The van der Waals surface area contributed by atoms with Gasteiger partial charge in [-0.3, -0.25) is 4.79 Å². The number of rotatable bonds is 7. The maximum Gasteiger partial charge on any atom is 0.273 e. The minimum absolute atomic E-state index is 0.236. The van der Waals surface area contributed by atoms with Crippen LogP contribution in [0.2, 0.25) is 0 Å². The maximum absolute atomic E-state index is 12.3. The predicted molar refractivity (Wildman–Crippen MR) is 107 cm³/mol. The number of aromatic nitrogens is 3. The Hall–Kier alpha value is -3.67. The third-order valence-corrected chi connectivity index (χ3v) is 4.41. The van der Waals surface area contributed by atoms with Crippen molar-refractivity contribution in [3.63, 3.8) is 0 Å². The molecular formula is C22H20N4O2. The lowest BCUT2D eigenvalue weighted by molar-refractivity contribution is 0.0944. The zero-order valence-electron chi connectivity index (χ0n) is 15.3. The number of nitrogens with one attached hydrogen (secondary N) is 1. The average molecular weight is 372 g/mol. The van der Waals surface area contributed by atoms with E-state index in [1.807, 2.05) is 66.9 Å². The summed E-state index contributed by atoms with van der Waals surface area (Å²) >= 11 is 0. The van der Waals surface area contributed by atoms with Gasteiger partial charge in [-0.25, -0.2) is 4.98 Å². The highest BCUT2D eigenvalue weighted by Gasteiger charge is 2.13. The molecule has 6 heteroatoms. The number of carbonyl (C=O) groups is 1. The van der Waals surface area contributed by atoms with Crippen molar-refractivity contribution in [3.05, 3.63) is 84.8 Å². The van der Waals surface area contributed by atoms with Crippen molar-refractivity contribution in [2.75, 3.05) is 6.54 Å². The highest BCUT2D eigenvalue weighted by molar-refractivity contribution is 5.93. The lowest BCUT2D eigenvalue weighted by Gasteiger charge is -2.08. The Morgan fingerprint density at radius 1 is 1.00 bits per heavy atom. The van der Waals surface area contributed by atoms with E-state index in [-0.39, 0.29) is 11.6 Å². The molecule has 0 bridgehead atoms. The zero-order chi connectivity index (χ0) is 19.2. The van der Waals surface area contributed by atoms with E-state index in [2.05, 4.69) is 20.0 Å². The first-order chi connectivity index (χ1) is 13.8. The third kappa shape index (κ3) is 4.01. The van der Waals surface area contributed by atoms with Crippen molar-refractivity contribution >= 4 is 5.91 Å². The van der Waals surface area contributed by atoms with Crippen LogP contribution in [0.25, 0.3) is 22.7 Å². The normalized spacial score (nSPS) is 10.7. The average Bonchev–Trinajstić information content (AvgIpc) is 3.42. The minimum atomic E-state index is -0.236. The Morgan fingerprint density at radius 3 is 2.46 bits per heavy atom. The summed E-state index contributed by atoms with van der Waals surface area (Å²) in [6, 6.07) is 21.3. The molecule has 4 rings (SSSR count). The first-order valence-corrected chi connectivity index (χ1v) is 9.18. The van der Waals surface area contributed by atoms with Gasteiger partial charge in [0, 0.05) is 42.7 Å². The Labute approximate surface area is 162 Å². The molecule has 2 aromatic heterocycles. The van der Waals surface area contributed by atoms with Gasteiger partial charge in [-0.15, -0.1) is 0 Å². The van der Waals surface area contributed by atoms with E-state index in [1.54, 1.807) is 12.3 Å². The van der Waals surface area contributed by atoms with Crippen LogP contribution in [0.3, 0.4) is 0 Å². The molecule has 28 heavy (non-hydrogen) atoms. The summed E-state index contributed by atoms with van der Waals surface area (Å²) in [4.78, 5) is 16.7. The van der Waals surface area contributed by atoms with Crippen molar-refractivity contribution in [3.8, 4) is 22.7 Å². The molecule has 4 aromatic rings. The fourth-order valence-corrected chi connectivity index (χ4v) is 3.00. The summed E-state index contributed by atoms with van der Waals surface area (Å²) in [6.45, 7) is 1.30. The van der Waals surface area contributed by atoms with Gasteiger partial charge in [0.2, 0.25) is 0 Å². The van der Waals surface area contributed by atoms with Crippen molar-refractivity contribution in [1.29, 1.82) is 0 Å². The fourth-order valence-electron chi connectivity index (χ4n) is 3.00. The minimum Gasteiger partial charge on any atom is -0.355 e. The van der Waals surface area contributed by atoms with Gasteiger partial charge in [0.25, 0.3) is 5.91 Å². The number of hydrogen-bond donors (Lipinski definition) is 1. The number of aryl methyl sites for hydroxylation is 1. The molecule has 140 valence electrons. The lowest BCUT2D eigenvalue weighted by Crippen LogP contribution is -2.25. The van der Waals surface area contributed by atoms with Crippen LogP contribution < -0.4 is 5.32 Å². The van der Waals surface area contributed by atoms with Crippen LogP contribution in [0.5, 0.6) is 0 Å². The van der Waals surface area contributed by atoms with E-state index in [9.17, 15) is 4.79 Å². The van der Waals surface area contributed by atoms with E-state index >= 15 is 0 Å². The molecule has 0 aliphatic heterocycles. The van der Waals surface area contributed by atoms with Gasteiger partial charge in [0.1, 0.15) is 5.82 Å². The molecule has 0 radical (unpaired) electrons. The molecule has 0 fully saturated rings. The first kappa shape index (κ1) is 17.7. The summed E-state index contributed by atoms with van der Waals surface area (Å²) in [7, 11) is 0. The SMILES string of the molecule is O=C(NCCCn1ccnc1-c1ccccc1)c1cc(-c2ccccc2)on1. The van der Waals surface area contributed by atoms with Gasteiger partial charge in [0.05, 0.1) is 0 Å². The van der Waals surface area contributed by atoms with E-state index in [0.29, 0.717) is 12.3 Å². The van der Waals surface area contributed by atoms with Gasteiger partial charge >= 0.3 is 0 Å². The van der Waals surface area contributed by atoms with E-state index in [1.165, 1.54) is 0 Å². The van der Waals surface area contributed by atoms with Gasteiger partial charge in [-0.05, 0) is 6.42 Å². The second-order valence-corrected chi connectivity index (χ2v) is 6.36. The first-order valence-electron chi connectivity index (χ1n) is 9.18. The highest BCUT2D eigenvalue weighted by atomic mass is 16.5. The molecule has 1 N–H and O–H groups in total. The third-order valence-electron chi connectivity index (χ3n) is 4.41. The number of nitrogens with zero attached hydrogens (tertiary/aromatic N) is 3. The number of carbonyl (C=O) groups excluding carboxylic acids is 1. The molecule has 0 spiro atoms. The fraction of sp³-hybridized carbons (Fsp3) is 0.136. The number of amides is 1. The molecule has 0 saturated heterocycles. The van der Waals surface area contributed by atoms with Crippen molar-refractivity contribution in [2.24, 2.45) is 0 Å². The smallest absolute Gasteiger partial charge is 0.273 e. The Balaban J connectivity index is 1.30. The van der Waals surface area contributed by atoms with Gasteiger partial charge in [0.15, 0.2) is 11.5 Å². The number of benzene rings is 2. The largest absolute Gasteiger partial charge is 0.355 e. The number of imidazole rings is 1. The molecule has 0 aliphatic carbocycles. The van der Waals surface area contributed by atoms with Crippen LogP contribution in [0, 0.1) is 0 Å². The van der Waals surface area contributed by atoms with E-state index < -0.39 is 0 Å². The number of hydrogen-bond acceptors (Lipinski definition) is 4. The standard InChI is InChI=1S/C22H20N4O2/c27-22(19-16-20(28-25-19)17-8-3-1-4-9-17)24-12-7-14-26-15-13-23-21(26)18-10-5-2-6-11-18/h1-6,8-11,13,15-16H,7,12,14H2,(H,24,27). The molecule has 6 nitrogen and oxygen atoms in total. The summed E-state index contributed by atoms with van der Waals surface area (Å²) in [5.41, 5.74) is 2.25. The molecule has 0 aliphatic rings. The van der Waals surface area contributed by atoms with Crippen LogP contribution in [0.15, 0.2) is 83.6 Å². The molecular weight excluding hydrogens is 352 g/mol. The molecule has 1 amide bonds. The Bertz CT molecular complexity index is 1040. The molecule has 2 heterocycles. The summed E-state index contributed by atoms with van der Waals surface area (Å²) in [5, 5.41) is 6.76. The quantitative estimate of drug-likeness (QED) is 0.497. The van der Waals surface area contributed by atoms with Crippen molar-refractivity contribution < 1.29 is 9.32 Å². The van der Waals surface area contributed by atoms with Crippen LogP contribution in [-0.2, 0) is 6.54 Å². The van der Waals surface area contributed by atoms with Gasteiger partial charge in [-0.2, -0.15) is 0 Å². The molecule has 0 saturated carbocycles. The monoisotopic (exact) mass is 372 g/mol. The Morgan fingerprint density at radius 2 is 1.71 bits per heavy atom. The van der Waals surface area contributed by atoms with Crippen LogP contribution >= 0.6 is 0 Å². The van der Waals surface area contributed by atoms with Crippen molar-refractivity contribution in [1.82, 2.24) is 20.0 Å². The maximum atomic E-state index is 12.3. The van der Waals surface area contributed by atoms with Gasteiger partial charge in [-0.1, -0.05) is 65.8 Å². The molecule has 2 aromatic carbocycles. The zero-order valence-corrected chi connectivity index (χ0v) is 15.3. The van der Waals surface area contributed by atoms with Crippen molar-refractivity contribution in [2.45, 2.75) is 13.0 Å². The van der Waals surface area contributed by atoms with Gasteiger partial charge < -0.3 is 14.4 Å². The van der Waals surface area contributed by atoms with Crippen LogP contribution in [0.1, 0.15) is 16.9 Å². The summed E-state index contributed by atoms with van der Waals surface area (Å²) in [5.74, 6) is 1.27. The molecule has 0 unspecified atom stereocenters. The van der Waals surface area contributed by atoms with Crippen LogP contribution in [0.4, 0.5) is 0 Å². The Kier molecular flexibility index (Phi) is 5.29. The van der Waals surface area contributed by atoms with Crippen LogP contribution in [-0.4, -0.2) is 27.2 Å². The second kappa shape index (κ2) is 8.35. The summed E-state index contributed by atoms with van der Waals surface area (Å²) in [6.07, 6.45) is 4.53. The topological polar surface area (TPSA) is 73.0 Å². The second-order valence-electron chi connectivity index (χ2n) is 6.36. The lowest BCUT2D eigenvalue weighted by atomic mass is 10.1. The van der Waals surface area contributed by atoms with E-state index in [0.717, 1.165) is 29.9 Å².